The first-order chi connectivity index (χ1) is 22.4. The summed E-state index contributed by atoms with van der Waals surface area (Å²) in [5.41, 5.74) is 0.583. The van der Waals surface area contributed by atoms with Gasteiger partial charge in [-0.25, -0.2) is 23.9 Å². The van der Waals surface area contributed by atoms with Gasteiger partial charge in [-0.3, -0.25) is 4.79 Å². The maximum Gasteiger partial charge on any atom is 0.442 e. The molecule has 10 nitrogen and oxygen atoms in total. The molecule has 0 radical (unpaired) electrons. The molecule has 1 atom stereocenters. The lowest BCUT2D eigenvalue weighted by atomic mass is 10.00. The van der Waals surface area contributed by atoms with Gasteiger partial charge < -0.3 is 15.0 Å². The molecule has 1 aliphatic heterocycles. The molecule has 242 valence electrons. The lowest BCUT2D eigenvalue weighted by Gasteiger charge is -2.40. The van der Waals surface area contributed by atoms with Gasteiger partial charge >= 0.3 is 11.3 Å². The van der Waals surface area contributed by atoms with Crippen LogP contribution in [0.3, 0.4) is 0 Å². The van der Waals surface area contributed by atoms with Gasteiger partial charge in [-0.15, -0.1) is 4.57 Å². The molecule has 1 fully saturated rings. The zero-order chi connectivity index (χ0) is 33.7. The Hall–Kier alpha value is -4.90. The smallest absolute Gasteiger partial charge is 0.442 e. The monoisotopic (exact) mass is 655 g/mol. The van der Waals surface area contributed by atoms with Crippen molar-refractivity contribution in [3.05, 3.63) is 99.4 Å². The van der Waals surface area contributed by atoms with E-state index in [-0.39, 0.29) is 51.9 Å². The summed E-state index contributed by atoms with van der Waals surface area (Å²) < 4.78 is 18.2. The summed E-state index contributed by atoms with van der Waals surface area (Å²) in [4.78, 5) is 43.8. The second-order valence-electron chi connectivity index (χ2n) is 12.4. The number of rotatable bonds is 6. The first-order valence-corrected chi connectivity index (χ1v) is 15.9. The van der Waals surface area contributed by atoms with Crippen molar-refractivity contribution in [2.24, 2.45) is 0 Å². The van der Waals surface area contributed by atoms with Crippen LogP contribution in [-0.4, -0.2) is 56.0 Å². The number of carbonyl (C=O) groups is 1. The third kappa shape index (κ3) is 5.38. The van der Waals surface area contributed by atoms with E-state index in [2.05, 4.69) is 21.5 Å². The molecular weight excluding hydrogens is 621 g/mol. The molecule has 4 heterocycles. The van der Waals surface area contributed by atoms with Crippen LogP contribution in [0.1, 0.15) is 57.8 Å². The number of anilines is 1. The van der Waals surface area contributed by atoms with Gasteiger partial charge in [0.1, 0.15) is 11.7 Å². The van der Waals surface area contributed by atoms with E-state index in [1.165, 1.54) is 23.0 Å². The minimum absolute atomic E-state index is 0.115. The van der Waals surface area contributed by atoms with E-state index in [0.717, 1.165) is 5.39 Å². The van der Waals surface area contributed by atoms with E-state index < -0.39 is 11.5 Å². The Balaban J connectivity index is 1.74. The molecule has 0 saturated carbocycles. The van der Waals surface area contributed by atoms with Gasteiger partial charge in [0.05, 0.1) is 11.4 Å². The molecule has 1 aliphatic rings. The number of amides is 1. The van der Waals surface area contributed by atoms with Crippen LogP contribution in [0.2, 0.25) is 5.02 Å². The number of carbonyl (C=O) groups excluding carboxylic acids is 1. The Morgan fingerprint density at radius 2 is 1.77 bits per heavy atom. The predicted octanol–water partition coefficient (Wildman–Crippen LogP) is 5.89. The van der Waals surface area contributed by atoms with Gasteiger partial charge in [-0.05, 0) is 48.4 Å². The first kappa shape index (κ1) is 32.1. The molecule has 12 heteroatoms. The summed E-state index contributed by atoms with van der Waals surface area (Å²) >= 11 is 6.63. The molecule has 0 spiro atoms. The van der Waals surface area contributed by atoms with E-state index >= 15 is 4.39 Å². The van der Waals surface area contributed by atoms with Gasteiger partial charge in [0.25, 0.3) is 0 Å². The fraction of sp³-hybridized carbons (Fsp3) is 0.314. The standard InChI is InChI=1S/C35H35ClFN7O3/c1-7-27(45)41-14-15-42(21(6)17-41)33-24-16-26(37)31(23-12-8-10-22-11-9-13-25(36)28(22)23)44(47)34(24)43(35(46)40-33)32-29(19(2)3)38-18-39-30(32)20(4)5/h7-13,16,18-21H,1,14-15,17H2,2-6H3/t21-/m0/s1. The first-order valence-electron chi connectivity index (χ1n) is 15.5. The molecule has 2 aromatic carbocycles. The van der Waals surface area contributed by atoms with Gasteiger partial charge in [0, 0.05) is 41.6 Å². The summed E-state index contributed by atoms with van der Waals surface area (Å²) in [6, 6.07) is 11.5. The van der Waals surface area contributed by atoms with Crippen molar-refractivity contribution in [1.29, 1.82) is 0 Å². The summed E-state index contributed by atoms with van der Waals surface area (Å²) in [5, 5.41) is 16.6. The molecule has 5 aromatic rings. The maximum atomic E-state index is 16.5. The van der Waals surface area contributed by atoms with Gasteiger partial charge in [0.2, 0.25) is 5.91 Å². The normalized spacial score (nSPS) is 15.3. The highest BCUT2D eigenvalue weighted by molar-refractivity contribution is 6.36. The largest absolute Gasteiger partial charge is 0.710 e. The third-order valence-electron chi connectivity index (χ3n) is 8.67. The average Bonchev–Trinajstić information content (AvgIpc) is 3.04. The second-order valence-corrected chi connectivity index (χ2v) is 12.8. The zero-order valence-corrected chi connectivity index (χ0v) is 27.6. The van der Waals surface area contributed by atoms with Crippen LogP contribution in [0.25, 0.3) is 38.8 Å². The van der Waals surface area contributed by atoms with Crippen molar-refractivity contribution in [2.75, 3.05) is 24.5 Å². The molecule has 0 aliphatic carbocycles. The summed E-state index contributed by atoms with van der Waals surface area (Å²) in [6.07, 6.45) is 2.71. The minimum atomic E-state index is -0.807. The van der Waals surface area contributed by atoms with Gasteiger partial charge in [-0.2, -0.15) is 4.98 Å². The van der Waals surface area contributed by atoms with E-state index in [9.17, 15) is 14.8 Å². The third-order valence-corrected chi connectivity index (χ3v) is 8.99. The topological polar surface area (TPSA) is 111 Å². The van der Waals surface area contributed by atoms with Crippen LogP contribution in [0.5, 0.6) is 0 Å². The predicted molar refractivity (Wildman–Crippen MR) is 182 cm³/mol. The molecule has 0 N–H and O–H groups in total. The van der Waals surface area contributed by atoms with Crippen molar-refractivity contribution in [1.82, 2.24) is 24.4 Å². The molecule has 47 heavy (non-hydrogen) atoms. The minimum Gasteiger partial charge on any atom is -0.710 e. The van der Waals surface area contributed by atoms with E-state index in [4.69, 9.17) is 11.6 Å². The van der Waals surface area contributed by atoms with Crippen molar-refractivity contribution >= 4 is 45.1 Å². The highest BCUT2D eigenvalue weighted by atomic mass is 35.5. The summed E-state index contributed by atoms with van der Waals surface area (Å²) in [6.45, 7) is 14.2. The van der Waals surface area contributed by atoms with Crippen LogP contribution in [0.15, 0.2) is 66.2 Å². The van der Waals surface area contributed by atoms with Gasteiger partial charge in [-0.1, -0.05) is 70.1 Å². The number of hydrogen-bond donors (Lipinski definition) is 0. The highest BCUT2D eigenvalue weighted by Crippen LogP contribution is 2.37. The maximum absolute atomic E-state index is 16.5. The number of pyridine rings is 1. The number of piperazine rings is 1. The van der Waals surface area contributed by atoms with Gasteiger partial charge in [0.15, 0.2) is 23.0 Å². The lowest BCUT2D eigenvalue weighted by Crippen LogP contribution is -2.54. The zero-order valence-electron chi connectivity index (χ0n) is 26.9. The Labute approximate surface area is 276 Å². The molecule has 1 saturated heterocycles. The average molecular weight is 656 g/mol. The van der Waals surface area contributed by atoms with Crippen LogP contribution in [-0.2, 0) is 4.79 Å². The van der Waals surface area contributed by atoms with E-state index in [0.29, 0.717) is 51.8 Å². The van der Waals surface area contributed by atoms with E-state index in [1.54, 1.807) is 29.2 Å². The number of nitrogens with zero attached hydrogens (tertiary/aromatic N) is 7. The SMILES string of the molecule is C=CC(=O)N1CCN(c2nc(=O)n(-c3c(C(C)C)ncnc3C(C)C)c3c2cc(F)c(-c2cccc4cccc(Cl)c24)[n+]3[O-])[C@@H](C)C1. The highest BCUT2D eigenvalue weighted by Gasteiger charge is 2.35. The van der Waals surface area contributed by atoms with Crippen molar-refractivity contribution in [2.45, 2.75) is 52.5 Å². The molecule has 3 aromatic heterocycles. The second kappa shape index (κ2) is 12.4. The summed E-state index contributed by atoms with van der Waals surface area (Å²) in [5.74, 6) is -1.17. The Bertz CT molecular complexity index is 2100. The summed E-state index contributed by atoms with van der Waals surface area (Å²) in [7, 11) is 0. The number of fused-ring (bicyclic) bond motifs is 2. The number of aromatic nitrogens is 5. The fourth-order valence-corrected chi connectivity index (χ4v) is 6.76. The Morgan fingerprint density at radius 3 is 2.38 bits per heavy atom. The van der Waals surface area contributed by atoms with Crippen molar-refractivity contribution < 1.29 is 13.9 Å². The van der Waals surface area contributed by atoms with Crippen molar-refractivity contribution in [3.63, 3.8) is 0 Å². The molecule has 0 unspecified atom stereocenters. The van der Waals surface area contributed by atoms with Crippen LogP contribution < -0.4 is 15.3 Å². The molecular formula is C35H35ClFN7O3. The van der Waals surface area contributed by atoms with Crippen molar-refractivity contribution in [3.8, 4) is 16.9 Å². The van der Waals surface area contributed by atoms with E-state index in [1.807, 2.05) is 51.7 Å². The molecule has 6 rings (SSSR count). The van der Waals surface area contributed by atoms with Crippen LogP contribution in [0.4, 0.5) is 10.2 Å². The van der Waals surface area contributed by atoms with Crippen LogP contribution >= 0.6 is 11.6 Å². The fourth-order valence-electron chi connectivity index (χ4n) is 6.47. The molecule has 0 bridgehead atoms. The Morgan fingerprint density at radius 1 is 1.11 bits per heavy atom. The number of benzene rings is 2. The molecule has 1 amide bonds. The number of halogens is 2. The Kier molecular flexibility index (Phi) is 8.44. The number of hydrogen-bond acceptors (Lipinski definition) is 7. The quantitative estimate of drug-likeness (QED) is 0.127. The van der Waals surface area contributed by atoms with Crippen LogP contribution in [0, 0.1) is 11.0 Å². The lowest BCUT2D eigenvalue weighted by molar-refractivity contribution is -0.569.